The van der Waals surface area contributed by atoms with Crippen LogP contribution >= 0.6 is 11.8 Å². The minimum absolute atomic E-state index is 0.0585. The molecule has 0 saturated carbocycles. The standard InChI is InChI=1S/C23H25N5O4S/c1-14(2)19(25-21(30)15-8-5-4-6-9-15)20-26-27-23(28(20)3)33-13-18(29)24-17-11-7-10-16(12-17)22(31)32/h4-12,14,19H,13H2,1-3H3,(H,24,29)(H,25,30)(H,31,32). The van der Waals surface area contributed by atoms with Gasteiger partial charge in [-0.05, 0) is 36.2 Å². The van der Waals surface area contributed by atoms with E-state index in [1.165, 1.54) is 23.9 Å². The highest BCUT2D eigenvalue weighted by molar-refractivity contribution is 7.99. The molecule has 3 N–H and O–H groups in total. The zero-order valence-electron chi connectivity index (χ0n) is 18.5. The van der Waals surface area contributed by atoms with Crippen molar-refractivity contribution in [3.05, 3.63) is 71.5 Å². The van der Waals surface area contributed by atoms with Crippen LogP contribution < -0.4 is 10.6 Å². The van der Waals surface area contributed by atoms with E-state index in [1.54, 1.807) is 48.0 Å². The summed E-state index contributed by atoms with van der Waals surface area (Å²) in [6.07, 6.45) is 0. The summed E-state index contributed by atoms with van der Waals surface area (Å²) in [6, 6.07) is 14.6. The van der Waals surface area contributed by atoms with Gasteiger partial charge in [-0.3, -0.25) is 9.59 Å². The highest BCUT2D eigenvalue weighted by Gasteiger charge is 2.25. The summed E-state index contributed by atoms with van der Waals surface area (Å²) >= 11 is 1.20. The van der Waals surface area contributed by atoms with E-state index in [2.05, 4.69) is 20.8 Å². The zero-order valence-corrected chi connectivity index (χ0v) is 19.3. The van der Waals surface area contributed by atoms with Gasteiger partial charge in [-0.15, -0.1) is 10.2 Å². The number of hydrogen-bond acceptors (Lipinski definition) is 6. The molecule has 0 aliphatic rings. The Labute approximate surface area is 195 Å². The van der Waals surface area contributed by atoms with E-state index in [4.69, 9.17) is 5.11 Å². The lowest BCUT2D eigenvalue weighted by Crippen LogP contribution is -2.33. The summed E-state index contributed by atoms with van der Waals surface area (Å²) in [6.45, 7) is 3.96. The molecule has 3 aromatic rings. The molecular weight excluding hydrogens is 442 g/mol. The monoisotopic (exact) mass is 467 g/mol. The molecule has 1 heterocycles. The average molecular weight is 468 g/mol. The van der Waals surface area contributed by atoms with Crippen LogP contribution in [0.1, 0.15) is 46.4 Å². The number of carboxylic acid groups (broad SMARTS) is 1. The fourth-order valence-corrected chi connectivity index (χ4v) is 3.84. The van der Waals surface area contributed by atoms with Crippen molar-refractivity contribution in [2.45, 2.75) is 25.0 Å². The predicted molar refractivity (Wildman–Crippen MR) is 125 cm³/mol. The van der Waals surface area contributed by atoms with Gasteiger partial charge in [0.25, 0.3) is 5.91 Å². The number of nitrogens with zero attached hydrogens (tertiary/aromatic N) is 3. The van der Waals surface area contributed by atoms with Gasteiger partial charge in [0.1, 0.15) is 0 Å². The first-order chi connectivity index (χ1) is 15.8. The number of hydrogen-bond donors (Lipinski definition) is 3. The number of thioether (sulfide) groups is 1. The first-order valence-corrected chi connectivity index (χ1v) is 11.3. The number of carbonyl (C=O) groups excluding carboxylic acids is 2. The van der Waals surface area contributed by atoms with E-state index < -0.39 is 5.97 Å². The van der Waals surface area contributed by atoms with Gasteiger partial charge in [0.2, 0.25) is 5.91 Å². The van der Waals surface area contributed by atoms with Gasteiger partial charge in [0.15, 0.2) is 11.0 Å². The Balaban J connectivity index is 1.65. The van der Waals surface area contributed by atoms with Gasteiger partial charge >= 0.3 is 5.97 Å². The lowest BCUT2D eigenvalue weighted by atomic mass is 10.0. The van der Waals surface area contributed by atoms with Crippen molar-refractivity contribution in [3.8, 4) is 0 Å². The van der Waals surface area contributed by atoms with Gasteiger partial charge in [-0.2, -0.15) is 0 Å². The van der Waals surface area contributed by atoms with Crippen molar-refractivity contribution in [2.75, 3.05) is 11.1 Å². The van der Waals surface area contributed by atoms with Crippen molar-refractivity contribution in [1.82, 2.24) is 20.1 Å². The molecule has 33 heavy (non-hydrogen) atoms. The molecule has 2 aromatic carbocycles. The fourth-order valence-electron chi connectivity index (χ4n) is 3.12. The minimum Gasteiger partial charge on any atom is -0.478 e. The number of benzene rings is 2. The molecule has 0 spiro atoms. The van der Waals surface area contributed by atoms with Gasteiger partial charge in [0.05, 0.1) is 17.4 Å². The Hall–Kier alpha value is -3.66. The summed E-state index contributed by atoms with van der Waals surface area (Å²) in [5, 5.41) is 23.7. The van der Waals surface area contributed by atoms with E-state index in [1.807, 2.05) is 19.9 Å². The van der Waals surface area contributed by atoms with E-state index in [0.29, 0.717) is 22.2 Å². The van der Waals surface area contributed by atoms with Crippen LogP contribution in [0.4, 0.5) is 5.69 Å². The number of carboxylic acids is 1. The highest BCUT2D eigenvalue weighted by atomic mass is 32.2. The first-order valence-electron chi connectivity index (χ1n) is 10.3. The molecule has 0 fully saturated rings. The molecule has 3 rings (SSSR count). The van der Waals surface area contributed by atoms with Crippen LogP contribution in [-0.2, 0) is 11.8 Å². The molecule has 2 amide bonds. The molecule has 0 radical (unpaired) electrons. The summed E-state index contributed by atoms with van der Waals surface area (Å²) in [5.74, 6) is -0.855. The molecule has 1 aromatic heterocycles. The van der Waals surface area contributed by atoms with Crippen LogP contribution in [0.15, 0.2) is 59.8 Å². The second kappa shape index (κ2) is 10.8. The number of rotatable bonds is 9. The number of anilines is 1. The number of aromatic nitrogens is 3. The normalized spacial score (nSPS) is 11.8. The highest BCUT2D eigenvalue weighted by Crippen LogP contribution is 2.24. The number of amides is 2. The Morgan fingerprint density at radius 1 is 1.03 bits per heavy atom. The van der Waals surface area contributed by atoms with Crippen LogP contribution in [0.5, 0.6) is 0 Å². The molecule has 0 aliphatic heterocycles. The van der Waals surface area contributed by atoms with Gasteiger partial charge < -0.3 is 20.3 Å². The lowest BCUT2D eigenvalue weighted by molar-refractivity contribution is -0.113. The third-order valence-electron chi connectivity index (χ3n) is 4.86. The largest absolute Gasteiger partial charge is 0.478 e. The molecule has 10 heteroatoms. The second-order valence-corrected chi connectivity index (χ2v) is 8.63. The number of carbonyl (C=O) groups is 3. The lowest BCUT2D eigenvalue weighted by Gasteiger charge is -2.21. The van der Waals surface area contributed by atoms with Crippen LogP contribution in [-0.4, -0.2) is 43.4 Å². The quantitative estimate of drug-likeness (QED) is 0.412. The number of nitrogens with one attached hydrogen (secondary N) is 2. The van der Waals surface area contributed by atoms with Crippen molar-refractivity contribution in [1.29, 1.82) is 0 Å². The number of aromatic carboxylic acids is 1. The molecule has 0 bridgehead atoms. The summed E-state index contributed by atoms with van der Waals surface area (Å²) in [4.78, 5) is 36.1. The minimum atomic E-state index is -1.06. The fraction of sp³-hybridized carbons (Fsp3) is 0.261. The molecular formula is C23H25N5O4S. The Morgan fingerprint density at radius 2 is 1.73 bits per heavy atom. The average Bonchev–Trinajstić information content (AvgIpc) is 3.16. The maximum Gasteiger partial charge on any atom is 0.335 e. The van der Waals surface area contributed by atoms with Gasteiger partial charge in [-0.25, -0.2) is 4.79 Å². The third-order valence-corrected chi connectivity index (χ3v) is 5.88. The van der Waals surface area contributed by atoms with E-state index >= 15 is 0 Å². The Kier molecular flexibility index (Phi) is 7.83. The van der Waals surface area contributed by atoms with E-state index in [9.17, 15) is 14.4 Å². The predicted octanol–water partition coefficient (Wildman–Crippen LogP) is 3.37. The SMILES string of the molecule is CC(C)C(NC(=O)c1ccccc1)c1nnc(SCC(=O)Nc2cccc(C(=O)O)c2)n1C. The maximum absolute atomic E-state index is 12.6. The Morgan fingerprint density at radius 3 is 2.39 bits per heavy atom. The molecule has 0 saturated heterocycles. The molecule has 1 unspecified atom stereocenters. The molecule has 1 atom stereocenters. The third kappa shape index (κ3) is 6.19. The maximum atomic E-state index is 12.6. The van der Waals surface area contributed by atoms with Crippen LogP contribution in [0.3, 0.4) is 0 Å². The van der Waals surface area contributed by atoms with Crippen molar-refractivity contribution < 1.29 is 19.5 Å². The zero-order chi connectivity index (χ0) is 24.0. The van der Waals surface area contributed by atoms with Gasteiger partial charge in [-0.1, -0.05) is 49.9 Å². The van der Waals surface area contributed by atoms with Crippen molar-refractivity contribution in [3.63, 3.8) is 0 Å². The van der Waals surface area contributed by atoms with Crippen LogP contribution in [0.2, 0.25) is 0 Å². The van der Waals surface area contributed by atoms with E-state index in [0.717, 1.165) is 0 Å². The second-order valence-electron chi connectivity index (χ2n) is 7.68. The summed E-state index contributed by atoms with van der Waals surface area (Å²) in [5.41, 5.74) is 1.06. The topological polar surface area (TPSA) is 126 Å². The van der Waals surface area contributed by atoms with Crippen LogP contribution in [0, 0.1) is 5.92 Å². The molecule has 9 nitrogen and oxygen atoms in total. The summed E-state index contributed by atoms with van der Waals surface area (Å²) < 4.78 is 1.76. The molecule has 0 aliphatic carbocycles. The van der Waals surface area contributed by atoms with Crippen LogP contribution in [0.25, 0.3) is 0 Å². The van der Waals surface area contributed by atoms with E-state index in [-0.39, 0.29) is 35.1 Å². The first kappa shape index (κ1) is 24.0. The summed E-state index contributed by atoms with van der Waals surface area (Å²) in [7, 11) is 1.79. The molecule has 172 valence electrons. The Bertz CT molecular complexity index is 1150. The van der Waals surface area contributed by atoms with Crippen molar-refractivity contribution >= 4 is 35.2 Å². The van der Waals surface area contributed by atoms with Gasteiger partial charge in [0, 0.05) is 18.3 Å². The van der Waals surface area contributed by atoms with Crippen molar-refractivity contribution in [2.24, 2.45) is 13.0 Å². The smallest absolute Gasteiger partial charge is 0.335 e.